The van der Waals surface area contributed by atoms with E-state index >= 15 is 0 Å². The molecule has 1 heterocycles. The van der Waals surface area contributed by atoms with Crippen LogP contribution in [0.4, 0.5) is 4.79 Å². The number of carbonyl (C=O) groups is 4. The van der Waals surface area contributed by atoms with Crippen LogP contribution < -0.4 is 10.7 Å². The van der Waals surface area contributed by atoms with E-state index in [0.29, 0.717) is 22.6 Å². The molecule has 1 saturated heterocycles. The Kier molecular flexibility index (Phi) is 5.63. The number of hydrazine groups is 1. The minimum absolute atomic E-state index is 0.299. The number of hydrogen-bond donors (Lipinski definition) is 2. The van der Waals surface area contributed by atoms with Crippen LogP contribution in [0.1, 0.15) is 34.8 Å². The molecule has 1 aliphatic heterocycles. The van der Waals surface area contributed by atoms with Gasteiger partial charge in [0.1, 0.15) is 5.54 Å². The van der Waals surface area contributed by atoms with Crippen LogP contribution in [-0.2, 0) is 19.9 Å². The van der Waals surface area contributed by atoms with E-state index in [4.69, 9.17) is 4.74 Å². The molecule has 8 nitrogen and oxygen atoms in total. The Labute approximate surface area is 167 Å². The van der Waals surface area contributed by atoms with Crippen molar-refractivity contribution in [1.29, 1.82) is 0 Å². The normalized spacial score (nSPS) is 18.3. The van der Waals surface area contributed by atoms with Crippen molar-refractivity contribution in [2.75, 3.05) is 6.61 Å². The van der Waals surface area contributed by atoms with E-state index in [1.165, 1.54) is 0 Å². The van der Waals surface area contributed by atoms with Crippen LogP contribution in [0, 0.1) is 6.92 Å². The van der Waals surface area contributed by atoms with Crippen LogP contribution in [0.3, 0.4) is 0 Å². The molecule has 1 aliphatic rings. The first-order valence-corrected chi connectivity index (χ1v) is 9.13. The van der Waals surface area contributed by atoms with Crippen molar-refractivity contribution < 1.29 is 23.9 Å². The van der Waals surface area contributed by atoms with E-state index < -0.39 is 36.0 Å². The molecule has 0 aliphatic carbocycles. The zero-order valence-corrected chi connectivity index (χ0v) is 16.1. The number of benzene rings is 2. The van der Waals surface area contributed by atoms with Gasteiger partial charge in [-0.05, 0) is 31.0 Å². The molecule has 3 rings (SSSR count). The SMILES string of the molecule is CC[C@]1(c2ccccc2)NC(=O)N(NC(=O)COC(=O)c2ccc(C)cc2)C1=O. The summed E-state index contributed by atoms with van der Waals surface area (Å²) in [5.41, 5.74) is 2.84. The summed E-state index contributed by atoms with van der Waals surface area (Å²) in [6, 6.07) is 14.7. The van der Waals surface area contributed by atoms with Crippen molar-refractivity contribution in [3.63, 3.8) is 0 Å². The van der Waals surface area contributed by atoms with Crippen molar-refractivity contribution >= 4 is 23.8 Å². The lowest BCUT2D eigenvalue weighted by atomic mass is 9.87. The number of ether oxygens (including phenoxy) is 1. The monoisotopic (exact) mass is 395 g/mol. The van der Waals surface area contributed by atoms with Gasteiger partial charge in [0.05, 0.1) is 5.56 Å². The van der Waals surface area contributed by atoms with Crippen molar-refractivity contribution in [3.05, 3.63) is 71.3 Å². The Hall–Kier alpha value is -3.68. The number of imide groups is 1. The lowest BCUT2D eigenvalue weighted by Gasteiger charge is -2.25. The number of nitrogens with one attached hydrogen (secondary N) is 2. The van der Waals surface area contributed by atoms with Gasteiger partial charge in [-0.2, -0.15) is 5.01 Å². The molecule has 1 fully saturated rings. The highest BCUT2D eigenvalue weighted by molar-refractivity contribution is 6.08. The zero-order valence-electron chi connectivity index (χ0n) is 16.1. The maximum Gasteiger partial charge on any atom is 0.344 e. The van der Waals surface area contributed by atoms with Gasteiger partial charge in [0.2, 0.25) is 0 Å². The molecule has 0 spiro atoms. The minimum atomic E-state index is -1.26. The first-order valence-electron chi connectivity index (χ1n) is 9.13. The summed E-state index contributed by atoms with van der Waals surface area (Å²) in [7, 11) is 0. The summed E-state index contributed by atoms with van der Waals surface area (Å²) < 4.78 is 4.95. The van der Waals surface area contributed by atoms with Crippen LogP contribution in [0.15, 0.2) is 54.6 Å². The van der Waals surface area contributed by atoms with Crippen LogP contribution in [0.2, 0.25) is 0 Å². The summed E-state index contributed by atoms with van der Waals surface area (Å²) in [5.74, 6) is -2.08. The lowest BCUT2D eigenvalue weighted by Crippen LogP contribution is -2.49. The van der Waals surface area contributed by atoms with Crippen LogP contribution in [-0.4, -0.2) is 35.4 Å². The molecule has 2 N–H and O–H groups in total. The van der Waals surface area contributed by atoms with Gasteiger partial charge in [-0.1, -0.05) is 55.0 Å². The summed E-state index contributed by atoms with van der Waals surface area (Å²) in [4.78, 5) is 49.4. The maximum absolute atomic E-state index is 12.9. The summed E-state index contributed by atoms with van der Waals surface area (Å²) in [6.45, 7) is 3.01. The molecule has 0 saturated carbocycles. The van der Waals surface area contributed by atoms with Gasteiger partial charge in [-0.3, -0.25) is 15.0 Å². The van der Waals surface area contributed by atoms with E-state index in [1.807, 2.05) is 6.92 Å². The van der Waals surface area contributed by atoms with Gasteiger partial charge in [0, 0.05) is 0 Å². The number of nitrogens with zero attached hydrogens (tertiary/aromatic N) is 1. The predicted octanol–water partition coefficient (Wildman–Crippen LogP) is 2.04. The molecule has 0 bridgehead atoms. The molecule has 4 amide bonds. The van der Waals surface area contributed by atoms with Gasteiger partial charge in [0.25, 0.3) is 11.8 Å². The van der Waals surface area contributed by atoms with E-state index in [9.17, 15) is 19.2 Å². The third-order valence-corrected chi connectivity index (χ3v) is 4.75. The molecular formula is C21H21N3O5. The van der Waals surface area contributed by atoms with E-state index in [2.05, 4.69) is 10.7 Å². The highest BCUT2D eigenvalue weighted by Gasteiger charge is 2.52. The fourth-order valence-electron chi connectivity index (χ4n) is 3.10. The Morgan fingerprint density at radius 2 is 1.72 bits per heavy atom. The van der Waals surface area contributed by atoms with Crippen molar-refractivity contribution in [2.24, 2.45) is 0 Å². The fraction of sp³-hybridized carbons (Fsp3) is 0.238. The number of amides is 4. The van der Waals surface area contributed by atoms with E-state index in [0.717, 1.165) is 5.56 Å². The highest BCUT2D eigenvalue weighted by Crippen LogP contribution is 2.31. The van der Waals surface area contributed by atoms with E-state index in [-0.39, 0.29) is 0 Å². The van der Waals surface area contributed by atoms with Crippen molar-refractivity contribution in [1.82, 2.24) is 15.8 Å². The largest absolute Gasteiger partial charge is 0.452 e. The first kappa shape index (κ1) is 20.1. The maximum atomic E-state index is 12.9. The predicted molar refractivity (Wildman–Crippen MR) is 103 cm³/mol. The Morgan fingerprint density at radius 1 is 1.07 bits per heavy atom. The van der Waals surface area contributed by atoms with Crippen molar-refractivity contribution in [2.45, 2.75) is 25.8 Å². The number of esters is 1. The van der Waals surface area contributed by atoms with Crippen molar-refractivity contribution in [3.8, 4) is 0 Å². The molecule has 2 aromatic carbocycles. The number of rotatable bonds is 6. The Morgan fingerprint density at radius 3 is 2.34 bits per heavy atom. The second kappa shape index (κ2) is 8.14. The van der Waals surface area contributed by atoms with Gasteiger partial charge in [-0.15, -0.1) is 0 Å². The smallest absolute Gasteiger partial charge is 0.344 e. The molecule has 1 atom stereocenters. The fourth-order valence-corrected chi connectivity index (χ4v) is 3.10. The summed E-state index contributed by atoms with van der Waals surface area (Å²) in [5, 5.41) is 3.27. The number of carbonyl (C=O) groups excluding carboxylic acids is 4. The average Bonchev–Trinajstić information content (AvgIpc) is 2.98. The topological polar surface area (TPSA) is 105 Å². The Bertz CT molecular complexity index is 943. The average molecular weight is 395 g/mol. The first-order chi connectivity index (χ1) is 13.9. The second-order valence-electron chi connectivity index (χ2n) is 6.67. The lowest BCUT2D eigenvalue weighted by molar-refractivity contribution is -0.140. The number of hydrogen-bond acceptors (Lipinski definition) is 5. The quantitative estimate of drug-likeness (QED) is 0.575. The van der Waals surface area contributed by atoms with Crippen LogP contribution in [0.25, 0.3) is 0 Å². The number of aryl methyl sites for hydroxylation is 1. The second-order valence-corrected chi connectivity index (χ2v) is 6.67. The number of urea groups is 1. The van der Waals surface area contributed by atoms with Gasteiger partial charge in [-0.25, -0.2) is 9.59 Å². The molecule has 0 aromatic heterocycles. The zero-order chi connectivity index (χ0) is 21.0. The van der Waals surface area contributed by atoms with Gasteiger partial charge < -0.3 is 10.1 Å². The summed E-state index contributed by atoms with van der Waals surface area (Å²) in [6.07, 6.45) is 0.302. The van der Waals surface area contributed by atoms with E-state index in [1.54, 1.807) is 61.5 Å². The van der Waals surface area contributed by atoms with Crippen LogP contribution in [0.5, 0.6) is 0 Å². The minimum Gasteiger partial charge on any atom is -0.452 e. The van der Waals surface area contributed by atoms with Gasteiger partial charge in [0.15, 0.2) is 6.61 Å². The third kappa shape index (κ3) is 3.96. The van der Waals surface area contributed by atoms with Crippen LogP contribution >= 0.6 is 0 Å². The molecule has 150 valence electrons. The molecular weight excluding hydrogens is 374 g/mol. The molecule has 0 radical (unpaired) electrons. The molecule has 8 heteroatoms. The molecule has 0 unspecified atom stereocenters. The standard InChI is InChI=1S/C21H21N3O5/c1-3-21(16-7-5-4-6-8-16)19(27)24(20(28)22-21)23-17(25)13-29-18(26)15-11-9-14(2)10-12-15/h4-12H,3,13H2,1-2H3,(H,22,28)(H,23,25)/t21-/m1/s1. The molecule has 29 heavy (non-hydrogen) atoms. The highest BCUT2D eigenvalue weighted by atomic mass is 16.5. The Balaban J connectivity index is 1.64. The molecule has 2 aromatic rings. The third-order valence-electron chi connectivity index (χ3n) is 4.75. The summed E-state index contributed by atoms with van der Waals surface area (Å²) >= 11 is 0. The van der Waals surface area contributed by atoms with Gasteiger partial charge >= 0.3 is 12.0 Å².